The molecule has 4 N–H and O–H groups in total. The quantitative estimate of drug-likeness (QED) is 0.0788. The summed E-state index contributed by atoms with van der Waals surface area (Å²) >= 11 is 2.89. The molecule has 4 aromatic rings. The smallest absolute Gasteiger partial charge is 0.411 e. The Labute approximate surface area is 362 Å². The first kappa shape index (κ1) is 44.6. The van der Waals surface area contributed by atoms with E-state index >= 15 is 0 Å². The molecule has 18 heteroatoms. The summed E-state index contributed by atoms with van der Waals surface area (Å²) in [5.41, 5.74) is 4.34. The van der Waals surface area contributed by atoms with Crippen molar-refractivity contribution in [2.24, 2.45) is 0 Å². The van der Waals surface area contributed by atoms with Crippen molar-refractivity contribution in [2.75, 3.05) is 35.2 Å². The number of amides is 2. The Balaban J connectivity index is 0.954. The number of nitrogens with one attached hydrogen (secondary N) is 2. The van der Waals surface area contributed by atoms with Gasteiger partial charge in [-0.25, -0.2) is 9.59 Å². The first-order valence-electron chi connectivity index (χ1n) is 18.8. The summed E-state index contributed by atoms with van der Waals surface area (Å²) < 4.78 is 10.6. The summed E-state index contributed by atoms with van der Waals surface area (Å²) in [7, 11) is 1.58. The van der Waals surface area contributed by atoms with Gasteiger partial charge in [0.15, 0.2) is 0 Å². The minimum absolute atomic E-state index is 0.000207. The molecular weight excluding hydrogens is 849 g/mol. The van der Waals surface area contributed by atoms with Crippen LogP contribution in [0.3, 0.4) is 0 Å². The number of benzene rings is 4. The molecule has 6 rings (SSSR count). The third-order valence-corrected chi connectivity index (χ3v) is 14.4. The van der Waals surface area contributed by atoms with Crippen LogP contribution < -0.4 is 10.6 Å². The molecule has 2 heterocycles. The Morgan fingerprint density at radius 2 is 0.933 bits per heavy atom. The molecule has 0 aliphatic carbocycles. The van der Waals surface area contributed by atoms with E-state index in [1.165, 1.54) is 23.5 Å². The van der Waals surface area contributed by atoms with Gasteiger partial charge in [0.25, 0.3) is 0 Å². The van der Waals surface area contributed by atoms with Gasteiger partial charge in [-0.1, -0.05) is 84.9 Å². The molecule has 4 atom stereocenters. The van der Waals surface area contributed by atoms with Gasteiger partial charge in [0.1, 0.15) is 25.3 Å². The van der Waals surface area contributed by atoms with Crippen LogP contribution in [0.5, 0.6) is 0 Å². The third-order valence-electron chi connectivity index (χ3n) is 9.48. The number of anilines is 2. The monoisotopic (exact) mass is 890 g/mol. The Bertz CT molecular complexity index is 1970. The molecule has 0 saturated carbocycles. The number of aliphatic carboxylic acids is 2. The van der Waals surface area contributed by atoms with Gasteiger partial charge in [0.05, 0.1) is 10.7 Å². The molecule has 0 bridgehead atoms. The number of carboxylic acids is 2. The molecule has 2 aliphatic heterocycles. The SMILES string of the molecule is O=C(Nc1ccc(C2SCC(C(=O)O)N2CCC(=O)SSC(=O)CCN2C(C(=O)O)CSC2c2ccc(NC(=O)OCc3ccccc3)cc2)cc1)OCc1ccccc1. The topological polar surface area (TPSA) is 192 Å². The first-order chi connectivity index (χ1) is 29.0. The Morgan fingerprint density at radius 3 is 1.28 bits per heavy atom. The van der Waals surface area contributed by atoms with Crippen molar-refractivity contribution in [1.29, 1.82) is 0 Å². The van der Waals surface area contributed by atoms with Crippen LogP contribution in [0.1, 0.15) is 45.8 Å². The largest absolute Gasteiger partial charge is 0.480 e. The van der Waals surface area contributed by atoms with Crippen LogP contribution >= 0.6 is 45.1 Å². The fourth-order valence-electron chi connectivity index (χ4n) is 6.46. The second-order valence-corrected chi connectivity index (χ2v) is 18.1. The summed E-state index contributed by atoms with van der Waals surface area (Å²) in [6.07, 6.45) is -1.22. The maximum atomic E-state index is 13.0. The molecule has 0 aromatic heterocycles. The van der Waals surface area contributed by atoms with E-state index in [1.807, 2.05) is 60.7 Å². The van der Waals surface area contributed by atoms with Crippen molar-refractivity contribution in [3.8, 4) is 0 Å². The lowest BCUT2D eigenvalue weighted by atomic mass is 10.1. The number of hydrogen-bond acceptors (Lipinski definition) is 14. The van der Waals surface area contributed by atoms with Crippen LogP contribution in [0.4, 0.5) is 21.0 Å². The van der Waals surface area contributed by atoms with E-state index in [1.54, 1.807) is 58.3 Å². The number of rotatable bonds is 16. The van der Waals surface area contributed by atoms with Crippen molar-refractivity contribution in [3.05, 3.63) is 131 Å². The van der Waals surface area contributed by atoms with E-state index in [0.717, 1.165) is 43.8 Å². The number of carbonyl (C=O) groups is 6. The minimum Gasteiger partial charge on any atom is -0.480 e. The van der Waals surface area contributed by atoms with Gasteiger partial charge < -0.3 is 19.7 Å². The Hall–Kier alpha value is -4.98. The van der Waals surface area contributed by atoms with Gasteiger partial charge in [0, 0.05) is 48.8 Å². The lowest BCUT2D eigenvalue weighted by Gasteiger charge is -2.27. The highest BCUT2D eigenvalue weighted by Gasteiger charge is 2.40. The highest BCUT2D eigenvalue weighted by Crippen LogP contribution is 2.43. The van der Waals surface area contributed by atoms with Crippen molar-refractivity contribution in [1.82, 2.24) is 9.80 Å². The number of hydrogen-bond donors (Lipinski definition) is 4. The average molecular weight is 891 g/mol. The number of ether oxygens (including phenoxy) is 2. The van der Waals surface area contributed by atoms with Gasteiger partial charge in [-0.3, -0.25) is 39.6 Å². The molecule has 60 heavy (non-hydrogen) atoms. The fourth-order valence-corrected chi connectivity index (χ4v) is 11.0. The van der Waals surface area contributed by atoms with Crippen LogP contribution in [0.2, 0.25) is 0 Å². The lowest BCUT2D eigenvalue weighted by Crippen LogP contribution is -2.40. The number of carbonyl (C=O) groups excluding carboxylic acids is 4. The third kappa shape index (κ3) is 12.8. The summed E-state index contributed by atoms with van der Waals surface area (Å²) in [6.45, 7) is 0.547. The Kier molecular flexibility index (Phi) is 16.4. The summed E-state index contributed by atoms with van der Waals surface area (Å²) in [6, 6.07) is 31.0. The molecule has 14 nitrogen and oxygen atoms in total. The standard InChI is InChI=1S/C42H42N4O10S4/c47-35(19-21-45-33(39(49)50)25-57-37(45)29-11-15-31(16-12-29)43-41(53)55-23-27-7-3-1-4-8-27)59-60-36(48)20-22-46-34(40(51)52)26-58-38(46)30-13-17-32(18-14-30)44-42(54)56-24-28-9-5-2-6-10-28/h1-18,33-34,37-38H,19-26H2,(H,43,53)(H,44,54)(H,49,50)(H,51,52). The molecule has 2 saturated heterocycles. The summed E-state index contributed by atoms with van der Waals surface area (Å²) in [5, 5.41) is 24.0. The zero-order valence-corrected chi connectivity index (χ0v) is 35.3. The van der Waals surface area contributed by atoms with E-state index in [9.17, 15) is 39.0 Å². The maximum absolute atomic E-state index is 13.0. The maximum Gasteiger partial charge on any atom is 0.411 e. The van der Waals surface area contributed by atoms with Crippen LogP contribution in [-0.4, -0.2) is 91.0 Å². The number of nitrogens with zero attached hydrogens (tertiary/aromatic N) is 2. The minimum atomic E-state index is -1.00. The Morgan fingerprint density at radius 1 is 0.567 bits per heavy atom. The van der Waals surface area contributed by atoms with Gasteiger partial charge in [-0.2, -0.15) is 0 Å². The van der Waals surface area contributed by atoms with Crippen LogP contribution in [0, 0.1) is 0 Å². The molecule has 4 aromatic carbocycles. The van der Waals surface area contributed by atoms with E-state index < -0.39 is 36.2 Å². The predicted molar refractivity (Wildman–Crippen MR) is 234 cm³/mol. The molecule has 4 unspecified atom stereocenters. The second kappa shape index (κ2) is 22.0. The van der Waals surface area contributed by atoms with Crippen LogP contribution in [0.15, 0.2) is 109 Å². The second-order valence-electron chi connectivity index (χ2n) is 13.6. The van der Waals surface area contributed by atoms with Gasteiger partial charge in [-0.15, -0.1) is 23.5 Å². The summed E-state index contributed by atoms with van der Waals surface area (Å²) in [5.74, 6) is -1.37. The molecule has 0 radical (unpaired) electrons. The van der Waals surface area contributed by atoms with E-state index in [-0.39, 0.29) is 60.1 Å². The lowest BCUT2D eigenvalue weighted by molar-refractivity contribution is -0.143. The number of thioether (sulfide) groups is 2. The van der Waals surface area contributed by atoms with E-state index in [0.29, 0.717) is 22.9 Å². The fraction of sp³-hybridized carbons (Fsp3) is 0.286. The van der Waals surface area contributed by atoms with Gasteiger partial charge in [-0.05, 0) is 68.1 Å². The normalized spacial score (nSPS) is 19.0. The highest BCUT2D eigenvalue weighted by molar-refractivity contribution is 8.87. The van der Waals surface area contributed by atoms with Gasteiger partial charge >= 0.3 is 24.1 Å². The van der Waals surface area contributed by atoms with Crippen molar-refractivity contribution in [2.45, 2.75) is 48.9 Å². The van der Waals surface area contributed by atoms with E-state index in [4.69, 9.17) is 9.47 Å². The first-order valence-corrected chi connectivity index (χ1v) is 23.0. The molecular formula is C42H42N4O10S4. The summed E-state index contributed by atoms with van der Waals surface area (Å²) in [4.78, 5) is 78.4. The van der Waals surface area contributed by atoms with Crippen molar-refractivity contribution in [3.63, 3.8) is 0 Å². The van der Waals surface area contributed by atoms with E-state index in [2.05, 4.69) is 10.6 Å². The highest BCUT2D eigenvalue weighted by atomic mass is 33.1. The van der Waals surface area contributed by atoms with Gasteiger partial charge in [0.2, 0.25) is 10.2 Å². The predicted octanol–water partition coefficient (Wildman–Crippen LogP) is 8.10. The van der Waals surface area contributed by atoms with Crippen molar-refractivity contribution < 1.29 is 48.5 Å². The zero-order chi connectivity index (χ0) is 42.4. The molecule has 2 fully saturated rings. The molecule has 0 spiro atoms. The molecule has 314 valence electrons. The van der Waals surface area contributed by atoms with Crippen LogP contribution in [-0.2, 0) is 41.9 Å². The van der Waals surface area contributed by atoms with Crippen LogP contribution in [0.25, 0.3) is 0 Å². The zero-order valence-electron chi connectivity index (χ0n) is 32.0. The molecule has 2 aliphatic rings. The average Bonchev–Trinajstić information content (AvgIpc) is 3.89. The molecule has 2 amide bonds. The number of carboxylic acid groups (broad SMARTS) is 2. The van der Waals surface area contributed by atoms with Crippen molar-refractivity contribution >= 4 is 90.8 Å².